The fraction of sp³-hybridized carbons (Fsp3) is 0.421. The highest BCUT2D eigenvalue weighted by atomic mass is 16.6. The van der Waals surface area contributed by atoms with Crippen molar-refractivity contribution in [1.82, 2.24) is 39.7 Å². The third-order valence-corrected chi connectivity index (χ3v) is 8.93. The first-order valence-electron chi connectivity index (χ1n) is 17.3. The molecule has 50 heavy (non-hydrogen) atoms. The molecule has 12 nitrogen and oxygen atoms in total. The van der Waals surface area contributed by atoms with Crippen molar-refractivity contribution >= 4 is 23.1 Å². The van der Waals surface area contributed by atoms with Gasteiger partial charge in [0.25, 0.3) is 0 Å². The number of nitrogens with zero attached hydrogens (tertiary/aromatic N) is 6. The minimum absolute atomic E-state index is 0.137. The molecule has 2 saturated heterocycles. The Hall–Kier alpha value is -5.26. The molecule has 2 unspecified atom stereocenters. The maximum Gasteiger partial charge on any atom is 0.410 e. The van der Waals surface area contributed by atoms with Crippen LogP contribution in [-0.4, -0.2) is 76.2 Å². The van der Waals surface area contributed by atoms with Crippen molar-refractivity contribution in [2.45, 2.75) is 90.5 Å². The van der Waals surface area contributed by atoms with E-state index in [0.717, 1.165) is 76.3 Å². The lowest BCUT2D eigenvalue weighted by molar-refractivity contribution is 0.0208. The minimum atomic E-state index is -0.551. The third-order valence-electron chi connectivity index (χ3n) is 8.93. The molecule has 260 valence electrons. The average Bonchev–Trinajstić information content (AvgIpc) is 3.88. The Morgan fingerprint density at radius 2 is 1.18 bits per heavy atom. The van der Waals surface area contributed by atoms with E-state index >= 15 is 0 Å². The molecular formula is C38H44N8O4. The second-order valence-corrected chi connectivity index (χ2v) is 15.1. The Kier molecular flexibility index (Phi) is 8.57. The van der Waals surface area contributed by atoms with Crippen LogP contribution in [0.4, 0.5) is 9.59 Å². The van der Waals surface area contributed by atoms with Gasteiger partial charge >= 0.3 is 12.2 Å². The summed E-state index contributed by atoms with van der Waals surface area (Å²) in [5.74, 6) is 2.15. The summed E-state index contributed by atoms with van der Waals surface area (Å²) in [5, 5.41) is 0.910. The molecule has 0 aliphatic carbocycles. The highest BCUT2D eigenvalue weighted by molar-refractivity contribution is 5.84. The normalized spacial score (nSPS) is 18.2. The lowest BCUT2D eigenvalue weighted by atomic mass is 10.1. The fourth-order valence-corrected chi connectivity index (χ4v) is 6.62. The van der Waals surface area contributed by atoms with E-state index < -0.39 is 11.2 Å². The first kappa shape index (κ1) is 33.2. The summed E-state index contributed by atoms with van der Waals surface area (Å²) in [6, 6.07) is 13.8. The van der Waals surface area contributed by atoms with Gasteiger partial charge in [0.05, 0.1) is 41.4 Å². The molecular weight excluding hydrogens is 632 g/mol. The average molecular weight is 677 g/mol. The van der Waals surface area contributed by atoms with E-state index in [-0.39, 0.29) is 24.3 Å². The van der Waals surface area contributed by atoms with Crippen LogP contribution in [0.2, 0.25) is 0 Å². The summed E-state index contributed by atoms with van der Waals surface area (Å²) in [4.78, 5) is 54.8. The van der Waals surface area contributed by atoms with E-state index in [4.69, 9.17) is 14.5 Å². The Labute approximate surface area is 291 Å². The number of imidazole rings is 2. The smallest absolute Gasteiger partial charge is 0.410 e. The van der Waals surface area contributed by atoms with Crippen molar-refractivity contribution in [2.24, 2.45) is 0 Å². The number of benzene rings is 2. The van der Waals surface area contributed by atoms with Gasteiger partial charge in [-0.1, -0.05) is 30.3 Å². The van der Waals surface area contributed by atoms with E-state index in [0.29, 0.717) is 18.9 Å². The molecule has 0 radical (unpaired) electrons. The summed E-state index contributed by atoms with van der Waals surface area (Å²) >= 11 is 0. The van der Waals surface area contributed by atoms with E-state index in [9.17, 15) is 9.59 Å². The number of hydrogen-bond donors (Lipinski definition) is 2. The zero-order valence-corrected chi connectivity index (χ0v) is 29.5. The quantitative estimate of drug-likeness (QED) is 0.190. The topological polar surface area (TPSA) is 142 Å². The molecule has 5 heterocycles. The number of rotatable bonds is 5. The Morgan fingerprint density at radius 3 is 1.72 bits per heavy atom. The molecule has 12 heteroatoms. The number of carbonyl (C=O) groups excluding carboxylic acids is 2. The molecule has 2 aliphatic rings. The number of aromatic amines is 2. The number of ether oxygens (including phenoxy) is 2. The van der Waals surface area contributed by atoms with Crippen LogP contribution in [0.1, 0.15) is 91.0 Å². The van der Waals surface area contributed by atoms with Gasteiger partial charge in [-0.25, -0.2) is 29.5 Å². The molecule has 2 aliphatic heterocycles. The number of nitrogens with one attached hydrogen (secondary N) is 2. The summed E-state index contributed by atoms with van der Waals surface area (Å²) in [5.41, 5.74) is 4.31. The minimum Gasteiger partial charge on any atom is -0.444 e. The number of carbonyl (C=O) groups is 2. The van der Waals surface area contributed by atoms with Gasteiger partial charge in [-0.15, -0.1) is 0 Å². The molecule has 5 aromatic rings. The summed E-state index contributed by atoms with van der Waals surface area (Å²) in [7, 11) is 0. The fourth-order valence-electron chi connectivity index (χ4n) is 6.62. The second kappa shape index (κ2) is 12.9. The predicted molar refractivity (Wildman–Crippen MR) is 190 cm³/mol. The van der Waals surface area contributed by atoms with Gasteiger partial charge in [0.2, 0.25) is 0 Å². The summed E-state index contributed by atoms with van der Waals surface area (Å²) < 4.78 is 11.3. The van der Waals surface area contributed by atoms with Crippen LogP contribution in [-0.2, 0) is 9.47 Å². The standard InChI is InChI=1S/C38H44N8O4/c1-37(2,3)49-35(47)45-17-7-9-30(45)33-40-21-28(43-33)23-11-13-24(14-12-23)32-39-20-26-19-25(15-16-27(26)42-32)29-22-41-34(44-29)31-10-8-18-46(31)36(48)50-38(4,5)6/h11-16,19-22,30-31H,7-10,17-18H2,1-6H3,(H,40,43)(H,41,44). The summed E-state index contributed by atoms with van der Waals surface area (Å²) in [6.45, 7) is 12.6. The van der Waals surface area contributed by atoms with Crippen molar-refractivity contribution < 1.29 is 19.1 Å². The third kappa shape index (κ3) is 7.05. The lowest BCUT2D eigenvalue weighted by Gasteiger charge is -2.27. The molecule has 2 fully saturated rings. The zero-order chi connectivity index (χ0) is 35.2. The number of amides is 2. The van der Waals surface area contributed by atoms with Gasteiger partial charge in [-0.3, -0.25) is 9.80 Å². The van der Waals surface area contributed by atoms with Gasteiger partial charge in [-0.05, 0) is 84.9 Å². The van der Waals surface area contributed by atoms with Crippen molar-refractivity contribution in [3.05, 3.63) is 72.7 Å². The van der Waals surface area contributed by atoms with E-state index in [2.05, 4.69) is 24.9 Å². The molecule has 0 saturated carbocycles. The SMILES string of the molecule is CC(C)(C)OC(=O)N1CCCC1c1ncc(-c2ccc(-c3ncc4cc(-c5cnc(C6CCCN6C(=O)OC(C)(C)C)[nH]5)ccc4n3)cc2)[nH]1. The maximum absolute atomic E-state index is 12.8. The monoisotopic (exact) mass is 676 g/mol. The number of aromatic nitrogens is 6. The number of H-pyrrole nitrogens is 2. The van der Waals surface area contributed by atoms with Crippen molar-refractivity contribution in [3.8, 4) is 33.9 Å². The van der Waals surface area contributed by atoms with Crippen LogP contribution in [0, 0.1) is 0 Å². The molecule has 2 atom stereocenters. The summed E-state index contributed by atoms with van der Waals surface area (Å²) in [6.07, 6.45) is 8.32. The molecule has 2 aromatic carbocycles. The van der Waals surface area contributed by atoms with E-state index in [1.807, 2.05) is 103 Å². The van der Waals surface area contributed by atoms with Gasteiger partial charge in [0.1, 0.15) is 22.9 Å². The van der Waals surface area contributed by atoms with Crippen molar-refractivity contribution in [2.75, 3.05) is 13.1 Å². The molecule has 7 rings (SSSR count). The van der Waals surface area contributed by atoms with Crippen LogP contribution < -0.4 is 0 Å². The second-order valence-electron chi connectivity index (χ2n) is 15.1. The Bertz CT molecular complexity index is 2020. The number of hydrogen-bond acceptors (Lipinski definition) is 8. The van der Waals surface area contributed by atoms with Crippen LogP contribution in [0.25, 0.3) is 44.8 Å². The first-order valence-corrected chi connectivity index (χ1v) is 17.3. The largest absolute Gasteiger partial charge is 0.444 e. The molecule has 3 aromatic heterocycles. The number of likely N-dealkylation sites (tertiary alicyclic amines) is 2. The predicted octanol–water partition coefficient (Wildman–Crippen LogP) is 8.22. The lowest BCUT2D eigenvalue weighted by Crippen LogP contribution is -2.36. The highest BCUT2D eigenvalue weighted by Crippen LogP contribution is 2.35. The molecule has 0 bridgehead atoms. The van der Waals surface area contributed by atoms with Crippen LogP contribution in [0.15, 0.2) is 61.1 Å². The van der Waals surface area contributed by atoms with Crippen LogP contribution >= 0.6 is 0 Å². The van der Waals surface area contributed by atoms with E-state index in [1.54, 1.807) is 9.80 Å². The van der Waals surface area contributed by atoms with Gasteiger partial charge in [-0.2, -0.15) is 0 Å². The number of fused-ring (bicyclic) bond motifs is 1. The maximum atomic E-state index is 12.8. The Morgan fingerprint density at radius 1 is 0.680 bits per heavy atom. The van der Waals surface area contributed by atoms with Crippen LogP contribution in [0.5, 0.6) is 0 Å². The first-order chi connectivity index (χ1) is 23.8. The molecule has 0 spiro atoms. The Balaban J connectivity index is 1.04. The molecule has 2 N–H and O–H groups in total. The van der Waals surface area contributed by atoms with Crippen LogP contribution in [0.3, 0.4) is 0 Å². The zero-order valence-electron chi connectivity index (χ0n) is 29.5. The molecule has 2 amide bonds. The van der Waals surface area contributed by atoms with Crippen molar-refractivity contribution in [1.29, 1.82) is 0 Å². The van der Waals surface area contributed by atoms with Gasteiger partial charge in [0, 0.05) is 35.8 Å². The van der Waals surface area contributed by atoms with Gasteiger partial charge < -0.3 is 19.4 Å². The van der Waals surface area contributed by atoms with Gasteiger partial charge in [0.15, 0.2) is 5.82 Å². The van der Waals surface area contributed by atoms with E-state index in [1.165, 1.54) is 0 Å². The highest BCUT2D eigenvalue weighted by Gasteiger charge is 2.36. The van der Waals surface area contributed by atoms with Crippen molar-refractivity contribution in [3.63, 3.8) is 0 Å².